The van der Waals surface area contributed by atoms with Gasteiger partial charge in [0.25, 0.3) is 0 Å². The molecule has 1 aromatic rings. The third-order valence-electron chi connectivity index (χ3n) is 5.09. The minimum absolute atomic E-state index is 0.0304. The molecule has 6 heteroatoms. The van der Waals surface area contributed by atoms with Crippen molar-refractivity contribution in [1.29, 1.82) is 0 Å². The molecule has 1 saturated heterocycles. The second-order valence-electron chi connectivity index (χ2n) is 7.54. The standard InChI is InChI=1S/C21H33N3O3/c1-5-6-20(25)23-18-8-7-17(14-19(18)27-4)22-21(26)13-16-9-11-24(12-10-16)15(2)3/h7-8,14-16H,5-6,9-13H2,1-4H3,(H,22,26)(H,23,25). The largest absolute Gasteiger partial charge is 0.494 e. The highest BCUT2D eigenvalue weighted by Gasteiger charge is 2.23. The third-order valence-corrected chi connectivity index (χ3v) is 5.09. The predicted molar refractivity (Wildman–Crippen MR) is 109 cm³/mol. The molecule has 6 nitrogen and oxygen atoms in total. The molecule has 2 rings (SSSR count). The second-order valence-corrected chi connectivity index (χ2v) is 7.54. The lowest BCUT2D eigenvalue weighted by molar-refractivity contribution is -0.117. The monoisotopic (exact) mass is 375 g/mol. The molecule has 1 heterocycles. The van der Waals surface area contributed by atoms with Crippen LogP contribution in [0.4, 0.5) is 11.4 Å². The van der Waals surface area contributed by atoms with Crippen LogP contribution >= 0.6 is 0 Å². The van der Waals surface area contributed by atoms with E-state index < -0.39 is 0 Å². The molecular weight excluding hydrogens is 342 g/mol. The third kappa shape index (κ3) is 6.54. The van der Waals surface area contributed by atoms with Gasteiger partial charge in [-0.25, -0.2) is 0 Å². The normalized spacial score (nSPS) is 15.6. The summed E-state index contributed by atoms with van der Waals surface area (Å²) in [5.74, 6) is 0.972. The number of rotatable bonds is 8. The fourth-order valence-corrected chi connectivity index (χ4v) is 3.46. The lowest BCUT2D eigenvalue weighted by atomic mass is 9.92. The number of benzene rings is 1. The summed E-state index contributed by atoms with van der Waals surface area (Å²) >= 11 is 0. The number of ether oxygens (including phenoxy) is 1. The van der Waals surface area contributed by atoms with Crippen LogP contribution in [-0.4, -0.2) is 43.0 Å². The Kier molecular flexibility index (Phi) is 8.10. The van der Waals surface area contributed by atoms with Crippen molar-refractivity contribution >= 4 is 23.2 Å². The Hall–Kier alpha value is -2.08. The predicted octanol–water partition coefficient (Wildman–Crippen LogP) is 3.88. The van der Waals surface area contributed by atoms with Crippen molar-refractivity contribution in [2.75, 3.05) is 30.8 Å². The highest BCUT2D eigenvalue weighted by Crippen LogP contribution is 2.29. The molecule has 2 amide bonds. The number of carbonyl (C=O) groups is 2. The maximum absolute atomic E-state index is 12.4. The van der Waals surface area contributed by atoms with Crippen LogP contribution < -0.4 is 15.4 Å². The Morgan fingerprint density at radius 2 is 1.89 bits per heavy atom. The maximum atomic E-state index is 12.4. The van der Waals surface area contributed by atoms with E-state index in [0.717, 1.165) is 32.4 Å². The summed E-state index contributed by atoms with van der Waals surface area (Å²) in [7, 11) is 1.55. The Morgan fingerprint density at radius 1 is 1.19 bits per heavy atom. The lowest BCUT2D eigenvalue weighted by Crippen LogP contribution is -2.39. The minimum atomic E-state index is -0.0414. The molecule has 1 aliphatic rings. The average Bonchev–Trinajstić information content (AvgIpc) is 2.63. The molecule has 0 radical (unpaired) electrons. The number of carbonyl (C=O) groups excluding carboxylic acids is 2. The zero-order valence-corrected chi connectivity index (χ0v) is 17.0. The van der Waals surface area contributed by atoms with Crippen LogP contribution in [0.1, 0.15) is 52.9 Å². The molecule has 0 aromatic heterocycles. The molecule has 0 atom stereocenters. The molecule has 1 aromatic carbocycles. The van der Waals surface area contributed by atoms with E-state index in [-0.39, 0.29) is 11.8 Å². The molecule has 0 aliphatic carbocycles. The van der Waals surface area contributed by atoms with Crippen LogP contribution in [0.5, 0.6) is 5.75 Å². The number of methoxy groups -OCH3 is 1. The van der Waals surface area contributed by atoms with Crippen molar-refractivity contribution in [1.82, 2.24) is 4.90 Å². The molecule has 27 heavy (non-hydrogen) atoms. The van der Waals surface area contributed by atoms with Crippen LogP contribution in [0, 0.1) is 5.92 Å². The number of likely N-dealkylation sites (tertiary alicyclic amines) is 1. The average molecular weight is 376 g/mol. The Morgan fingerprint density at radius 3 is 2.48 bits per heavy atom. The van der Waals surface area contributed by atoms with E-state index in [1.54, 1.807) is 25.3 Å². The quantitative estimate of drug-likeness (QED) is 0.723. The topological polar surface area (TPSA) is 70.7 Å². The van der Waals surface area contributed by atoms with Gasteiger partial charge in [-0.05, 0) is 64.3 Å². The van der Waals surface area contributed by atoms with Crippen molar-refractivity contribution in [3.63, 3.8) is 0 Å². The fourth-order valence-electron chi connectivity index (χ4n) is 3.46. The zero-order valence-electron chi connectivity index (χ0n) is 17.0. The number of amides is 2. The summed E-state index contributed by atoms with van der Waals surface area (Å²) in [6.45, 7) is 8.52. The van der Waals surface area contributed by atoms with Crippen molar-refractivity contribution in [2.45, 2.75) is 58.9 Å². The van der Waals surface area contributed by atoms with E-state index in [2.05, 4.69) is 29.4 Å². The van der Waals surface area contributed by atoms with E-state index in [0.29, 0.717) is 41.9 Å². The first kappa shape index (κ1) is 21.2. The SMILES string of the molecule is CCCC(=O)Nc1ccc(NC(=O)CC2CCN(C(C)C)CC2)cc1OC. The number of hydrogen-bond acceptors (Lipinski definition) is 4. The van der Waals surface area contributed by atoms with Crippen LogP contribution in [0.2, 0.25) is 0 Å². The summed E-state index contributed by atoms with van der Waals surface area (Å²) in [6.07, 6.45) is 3.94. The molecule has 0 bridgehead atoms. The number of hydrogen-bond donors (Lipinski definition) is 2. The van der Waals surface area contributed by atoms with Crippen molar-refractivity contribution < 1.29 is 14.3 Å². The molecule has 0 unspecified atom stereocenters. The van der Waals surface area contributed by atoms with E-state index >= 15 is 0 Å². The van der Waals surface area contributed by atoms with Crippen LogP contribution in [0.3, 0.4) is 0 Å². The lowest BCUT2D eigenvalue weighted by Gasteiger charge is -2.34. The second kappa shape index (κ2) is 10.3. The van der Waals surface area contributed by atoms with Crippen molar-refractivity contribution in [2.24, 2.45) is 5.92 Å². The van der Waals surface area contributed by atoms with E-state index in [4.69, 9.17) is 4.74 Å². The number of nitrogens with one attached hydrogen (secondary N) is 2. The van der Waals surface area contributed by atoms with Crippen LogP contribution in [0.25, 0.3) is 0 Å². The number of piperidine rings is 1. The first-order valence-electron chi connectivity index (χ1n) is 9.94. The van der Waals surface area contributed by atoms with Gasteiger partial charge in [0.15, 0.2) is 0 Å². The van der Waals surface area contributed by atoms with Gasteiger partial charge in [0, 0.05) is 30.6 Å². The minimum Gasteiger partial charge on any atom is -0.494 e. The highest BCUT2D eigenvalue weighted by molar-refractivity contribution is 5.94. The van der Waals surface area contributed by atoms with Gasteiger partial charge < -0.3 is 20.3 Å². The first-order chi connectivity index (χ1) is 12.9. The van der Waals surface area contributed by atoms with Gasteiger partial charge in [0.1, 0.15) is 5.75 Å². The fraction of sp³-hybridized carbons (Fsp3) is 0.619. The molecule has 2 N–H and O–H groups in total. The Balaban J connectivity index is 1.89. The molecule has 0 saturated carbocycles. The summed E-state index contributed by atoms with van der Waals surface area (Å²) in [5, 5.41) is 5.80. The van der Waals surface area contributed by atoms with E-state index in [9.17, 15) is 9.59 Å². The van der Waals surface area contributed by atoms with Gasteiger partial charge in [-0.15, -0.1) is 0 Å². The van der Waals surface area contributed by atoms with Crippen LogP contribution in [-0.2, 0) is 9.59 Å². The molecule has 150 valence electrons. The smallest absolute Gasteiger partial charge is 0.224 e. The van der Waals surface area contributed by atoms with Gasteiger partial charge in [-0.1, -0.05) is 6.92 Å². The van der Waals surface area contributed by atoms with Gasteiger partial charge in [0.2, 0.25) is 11.8 Å². The summed E-state index contributed by atoms with van der Waals surface area (Å²) in [4.78, 5) is 26.7. The van der Waals surface area contributed by atoms with Gasteiger partial charge in [0.05, 0.1) is 12.8 Å². The van der Waals surface area contributed by atoms with E-state index in [1.165, 1.54) is 0 Å². The Bertz CT molecular complexity index is 638. The molecule has 0 spiro atoms. The molecule has 1 fully saturated rings. The van der Waals surface area contributed by atoms with Crippen molar-refractivity contribution in [3.8, 4) is 5.75 Å². The number of anilines is 2. The summed E-state index contributed by atoms with van der Waals surface area (Å²) < 4.78 is 5.36. The van der Waals surface area contributed by atoms with Crippen LogP contribution in [0.15, 0.2) is 18.2 Å². The summed E-state index contributed by atoms with van der Waals surface area (Å²) in [6, 6.07) is 5.89. The highest BCUT2D eigenvalue weighted by atomic mass is 16.5. The maximum Gasteiger partial charge on any atom is 0.224 e. The van der Waals surface area contributed by atoms with Gasteiger partial charge in [-0.2, -0.15) is 0 Å². The molecular formula is C21H33N3O3. The van der Waals surface area contributed by atoms with Gasteiger partial charge >= 0.3 is 0 Å². The first-order valence-corrected chi connectivity index (χ1v) is 9.94. The Labute approximate surface area is 162 Å². The summed E-state index contributed by atoms with van der Waals surface area (Å²) in [5.41, 5.74) is 1.31. The molecule has 1 aliphatic heterocycles. The number of nitrogens with zero attached hydrogens (tertiary/aromatic N) is 1. The van der Waals surface area contributed by atoms with Crippen molar-refractivity contribution in [3.05, 3.63) is 18.2 Å². The zero-order chi connectivity index (χ0) is 19.8. The van der Waals surface area contributed by atoms with Gasteiger partial charge in [-0.3, -0.25) is 9.59 Å². The van der Waals surface area contributed by atoms with E-state index in [1.807, 2.05) is 6.92 Å².